The first-order valence-electron chi connectivity index (χ1n) is 7.83. The molecule has 1 aliphatic rings. The largest absolute Gasteiger partial charge is 0.508 e. The summed E-state index contributed by atoms with van der Waals surface area (Å²) < 4.78 is 5.42. The number of hydrogen-bond acceptors (Lipinski definition) is 3. The zero-order chi connectivity index (χ0) is 15.5. The van der Waals surface area contributed by atoms with Crippen LogP contribution in [0.4, 0.5) is 0 Å². The summed E-state index contributed by atoms with van der Waals surface area (Å²) in [6.45, 7) is 0. The van der Waals surface area contributed by atoms with Crippen LogP contribution < -0.4 is 4.74 Å². The molecule has 3 heteroatoms. The van der Waals surface area contributed by atoms with Gasteiger partial charge in [0.2, 0.25) is 0 Å². The highest BCUT2D eigenvalue weighted by atomic mass is 16.5. The number of hydrogen-bond donors (Lipinski definition) is 2. The lowest BCUT2D eigenvalue weighted by Crippen LogP contribution is -2.12. The van der Waals surface area contributed by atoms with Gasteiger partial charge in [0.15, 0.2) is 0 Å². The smallest absolute Gasteiger partial charge is 0.126 e. The summed E-state index contributed by atoms with van der Waals surface area (Å²) in [5.74, 6) is 2.42. The summed E-state index contributed by atoms with van der Waals surface area (Å²) in [6.07, 6.45) is 4.51. The number of phenolic OH excluding ortho intramolecular Hbond substituents is 2. The average molecular weight is 298 g/mol. The Balaban J connectivity index is 1.70. The van der Waals surface area contributed by atoms with Crippen molar-refractivity contribution in [3.05, 3.63) is 53.6 Å². The Morgan fingerprint density at radius 3 is 2.05 bits per heavy atom. The Hall–Kier alpha value is -2.16. The van der Waals surface area contributed by atoms with Gasteiger partial charge in [0, 0.05) is 6.07 Å². The molecule has 0 aliphatic heterocycles. The van der Waals surface area contributed by atoms with Gasteiger partial charge in [-0.1, -0.05) is 18.2 Å². The Kier molecular flexibility index (Phi) is 4.23. The molecule has 3 rings (SSSR count). The third-order valence-electron chi connectivity index (χ3n) is 4.75. The topological polar surface area (TPSA) is 49.7 Å². The molecule has 3 nitrogen and oxygen atoms in total. The summed E-state index contributed by atoms with van der Waals surface area (Å²) in [5.41, 5.74) is 2.51. The second kappa shape index (κ2) is 6.30. The molecule has 0 heterocycles. The fourth-order valence-corrected chi connectivity index (χ4v) is 3.52. The highest BCUT2D eigenvalue weighted by Gasteiger charge is 2.25. The maximum Gasteiger partial charge on any atom is 0.126 e. The van der Waals surface area contributed by atoms with Crippen molar-refractivity contribution in [2.24, 2.45) is 0 Å². The summed E-state index contributed by atoms with van der Waals surface area (Å²) in [6, 6.07) is 13.0. The quantitative estimate of drug-likeness (QED) is 0.874. The molecule has 2 N–H and O–H groups in total. The molecule has 0 spiro atoms. The first-order chi connectivity index (χ1) is 10.7. The van der Waals surface area contributed by atoms with E-state index < -0.39 is 0 Å². The number of aromatic hydroxyl groups is 2. The van der Waals surface area contributed by atoms with Crippen molar-refractivity contribution in [3.8, 4) is 17.2 Å². The molecule has 2 aromatic rings. The first kappa shape index (κ1) is 14.8. The van der Waals surface area contributed by atoms with E-state index in [2.05, 4.69) is 0 Å². The van der Waals surface area contributed by atoms with Crippen LogP contribution >= 0.6 is 0 Å². The molecular weight excluding hydrogens is 276 g/mol. The first-order valence-corrected chi connectivity index (χ1v) is 7.83. The molecule has 0 bridgehead atoms. The van der Waals surface area contributed by atoms with E-state index in [-0.39, 0.29) is 5.75 Å². The predicted octanol–water partition coefficient (Wildman–Crippen LogP) is 4.55. The van der Waals surface area contributed by atoms with E-state index in [1.54, 1.807) is 31.4 Å². The molecule has 1 saturated carbocycles. The lowest BCUT2D eigenvalue weighted by molar-refractivity contribution is 0.366. The maximum absolute atomic E-state index is 9.58. The maximum atomic E-state index is 9.58. The Morgan fingerprint density at radius 2 is 1.41 bits per heavy atom. The van der Waals surface area contributed by atoms with Crippen molar-refractivity contribution in [2.45, 2.75) is 37.5 Å². The molecule has 0 aromatic heterocycles. The molecule has 0 unspecified atom stereocenters. The van der Waals surface area contributed by atoms with Crippen molar-refractivity contribution in [1.29, 1.82) is 0 Å². The summed E-state index contributed by atoms with van der Waals surface area (Å²) >= 11 is 0. The Morgan fingerprint density at radius 1 is 0.818 bits per heavy atom. The van der Waals surface area contributed by atoms with E-state index in [1.807, 2.05) is 18.2 Å². The molecule has 1 fully saturated rings. The van der Waals surface area contributed by atoms with Crippen LogP contribution in [0.15, 0.2) is 42.5 Å². The van der Waals surface area contributed by atoms with Gasteiger partial charge in [-0.15, -0.1) is 0 Å². The summed E-state index contributed by atoms with van der Waals surface area (Å²) in [7, 11) is 1.65. The number of phenols is 2. The van der Waals surface area contributed by atoms with Gasteiger partial charge in [0.25, 0.3) is 0 Å². The van der Waals surface area contributed by atoms with Crippen LogP contribution in [0.25, 0.3) is 0 Å². The number of rotatable bonds is 3. The summed E-state index contributed by atoms with van der Waals surface area (Å²) in [5, 5.41) is 19.0. The molecule has 0 atom stereocenters. The minimum absolute atomic E-state index is 0.248. The van der Waals surface area contributed by atoms with Crippen molar-refractivity contribution < 1.29 is 14.9 Å². The highest BCUT2D eigenvalue weighted by Crippen LogP contribution is 2.43. The Labute approximate surface area is 131 Å². The van der Waals surface area contributed by atoms with Crippen LogP contribution in [0, 0.1) is 0 Å². The van der Waals surface area contributed by atoms with Crippen molar-refractivity contribution in [1.82, 2.24) is 0 Å². The van der Waals surface area contributed by atoms with Gasteiger partial charge < -0.3 is 14.9 Å². The van der Waals surface area contributed by atoms with Crippen LogP contribution in [0.2, 0.25) is 0 Å². The highest BCUT2D eigenvalue weighted by molar-refractivity contribution is 5.42. The number of ether oxygens (including phenoxy) is 1. The molecule has 22 heavy (non-hydrogen) atoms. The van der Waals surface area contributed by atoms with Crippen LogP contribution in [0.3, 0.4) is 0 Å². The summed E-state index contributed by atoms with van der Waals surface area (Å²) in [4.78, 5) is 0. The standard InChI is InChI=1S/C19H22O3/c1-22-19-12-17(21)10-11-18(19)15-4-2-13(3-5-15)14-6-8-16(20)9-7-14/h6-13,15,20-21H,2-5H2,1H3. The van der Waals surface area contributed by atoms with Gasteiger partial charge in [-0.2, -0.15) is 0 Å². The van der Waals surface area contributed by atoms with Crippen LogP contribution in [-0.2, 0) is 0 Å². The SMILES string of the molecule is COc1cc(O)ccc1C1CCC(c2ccc(O)cc2)CC1. The van der Waals surface area contributed by atoms with E-state index >= 15 is 0 Å². The van der Waals surface area contributed by atoms with E-state index in [0.717, 1.165) is 31.4 Å². The predicted molar refractivity (Wildman–Crippen MR) is 86.7 cm³/mol. The van der Waals surface area contributed by atoms with Gasteiger partial charge >= 0.3 is 0 Å². The second-order valence-corrected chi connectivity index (χ2v) is 6.07. The lowest BCUT2D eigenvalue weighted by atomic mass is 9.76. The molecule has 0 saturated heterocycles. The van der Waals surface area contributed by atoms with Gasteiger partial charge in [-0.05, 0) is 66.8 Å². The fraction of sp³-hybridized carbons (Fsp3) is 0.368. The Bertz CT molecular complexity index is 626. The minimum atomic E-state index is 0.248. The molecule has 0 amide bonds. The van der Waals surface area contributed by atoms with E-state index in [9.17, 15) is 10.2 Å². The average Bonchev–Trinajstić information content (AvgIpc) is 2.56. The van der Waals surface area contributed by atoms with Crippen LogP contribution in [-0.4, -0.2) is 17.3 Å². The van der Waals surface area contributed by atoms with Crippen LogP contribution in [0.1, 0.15) is 48.6 Å². The third-order valence-corrected chi connectivity index (χ3v) is 4.75. The second-order valence-electron chi connectivity index (χ2n) is 6.07. The lowest BCUT2D eigenvalue weighted by Gasteiger charge is -2.30. The van der Waals surface area contributed by atoms with Crippen molar-refractivity contribution >= 4 is 0 Å². The molecule has 116 valence electrons. The van der Waals surface area contributed by atoms with Crippen molar-refractivity contribution in [2.75, 3.05) is 7.11 Å². The third kappa shape index (κ3) is 3.03. The zero-order valence-electron chi connectivity index (χ0n) is 12.8. The molecule has 2 aromatic carbocycles. The van der Waals surface area contributed by atoms with E-state index in [4.69, 9.17) is 4.74 Å². The zero-order valence-corrected chi connectivity index (χ0v) is 12.8. The van der Waals surface area contributed by atoms with Gasteiger partial charge in [-0.3, -0.25) is 0 Å². The van der Waals surface area contributed by atoms with Crippen LogP contribution in [0.5, 0.6) is 17.2 Å². The normalized spacial score (nSPS) is 21.5. The number of benzene rings is 2. The van der Waals surface area contributed by atoms with Gasteiger partial charge in [0.1, 0.15) is 17.2 Å². The van der Waals surface area contributed by atoms with E-state index in [1.165, 1.54) is 11.1 Å². The number of methoxy groups -OCH3 is 1. The molecular formula is C19H22O3. The fourth-order valence-electron chi connectivity index (χ4n) is 3.52. The van der Waals surface area contributed by atoms with Crippen molar-refractivity contribution in [3.63, 3.8) is 0 Å². The minimum Gasteiger partial charge on any atom is -0.508 e. The monoisotopic (exact) mass is 298 g/mol. The molecule has 1 aliphatic carbocycles. The molecule has 0 radical (unpaired) electrons. The van der Waals surface area contributed by atoms with E-state index in [0.29, 0.717) is 17.6 Å². The van der Waals surface area contributed by atoms with Gasteiger partial charge in [0.05, 0.1) is 7.11 Å². The van der Waals surface area contributed by atoms with Gasteiger partial charge in [-0.25, -0.2) is 0 Å².